The maximum Gasteiger partial charge on any atom is 0.224 e. The Labute approximate surface area is 107 Å². The number of nitrogens with two attached hydrogens (primary N) is 1. The zero-order valence-electron chi connectivity index (χ0n) is 10.5. The van der Waals surface area contributed by atoms with E-state index in [1.165, 1.54) is 0 Å². The van der Waals surface area contributed by atoms with Crippen LogP contribution < -0.4 is 16.4 Å². The van der Waals surface area contributed by atoms with Gasteiger partial charge in [0, 0.05) is 19.4 Å². The summed E-state index contributed by atoms with van der Waals surface area (Å²) in [5.74, 6) is -0.151. The molecule has 5 nitrogen and oxygen atoms in total. The average Bonchev–Trinajstić information content (AvgIpc) is 2.32. The Hall–Kier alpha value is -2.04. The summed E-state index contributed by atoms with van der Waals surface area (Å²) >= 11 is 0. The number of anilines is 2. The fourth-order valence-corrected chi connectivity index (χ4v) is 1.52. The number of nitrogen functional groups attached to an aromatic ring is 1. The molecule has 0 heterocycles. The molecular weight excluding hydrogens is 230 g/mol. The number of benzene rings is 1. The molecular formula is C13H19N3O2. The second kappa shape index (κ2) is 7.32. The van der Waals surface area contributed by atoms with E-state index in [-0.39, 0.29) is 11.8 Å². The monoisotopic (exact) mass is 249 g/mol. The van der Waals surface area contributed by atoms with E-state index >= 15 is 0 Å². The van der Waals surface area contributed by atoms with Crippen molar-refractivity contribution in [3.63, 3.8) is 0 Å². The van der Waals surface area contributed by atoms with Gasteiger partial charge in [0.2, 0.25) is 11.8 Å². The third kappa shape index (κ3) is 4.86. The van der Waals surface area contributed by atoms with Crippen LogP contribution in [0.4, 0.5) is 11.4 Å². The van der Waals surface area contributed by atoms with Crippen LogP contribution in [-0.2, 0) is 9.59 Å². The number of para-hydroxylation sites is 2. The second-order valence-electron chi connectivity index (χ2n) is 3.94. The van der Waals surface area contributed by atoms with Crippen LogP contribution in [0.25, 0.3) is 0 Å². The summed E-state index contributed by atoms with van der Waals surface area (Å²) in [6.07, 6.45) is 1.21. The van der Waals surface area contributed by atoms with Crippen LogP contribution in [0.15, 0.2) is 24.3 Å². The second-order valence-corrected chi connectivity index (χ2v) is 3.94. The van der Waals surface area contributed by atoms with Gasteiger partial charge in [-0.05, 0) is 25.5 Å². The lowest BCUT2D eigenvalue weighted by molar-refractivity contribution is -0.121. The van der Waals surface area contributed by atoms with Gasteiger partial charge >= 0.3 is 0 Å². The zero-order chi connectivity index (χ0) is 13.4. The van der Waals surface area contributed by atoms with Gasteiger partial charge in [-0.2, -0.15) is 0 Å². The Kier molecular flexibility index (Phi) is 5.70. The van der Waals surface area contributed by atoms with Gasteiger partial charge in [-0.1, -0.05) is 12.1 Å². The van der Waals surface area contributed by atoms with Crippen LogP contribution in [0, 0.1) is 0 Å². The molecule has 0 aromatic heterocycles. The van der Waals surface area contributed by atoms with Crippen LogP contribution in [0.3, 0.4) is 0 Å². The molecule has 1 aromatic carbocycles. The first-order valence-corrected chi connectivity index (χ1v) is 6.04. The van der Waals surface area contributed by atoms with Crippen molar-refractivity contribution in [3.05, 3.63) is 24.3 Å². The summed E-state index contributed by atoms with van der Waals surface area (Å²) in [6.45, 7) is 2.48. The first-order chi connectivity index (χ1) is 8.63. The predicted octanol–water partition coefficient (Wildman–Crippen LogP) is 1.51. The lowest BCUT2D eigenvalue weighted by atomic mass is 10.2. The summed E-state index contributed by atoms with van der Waals surface area (Å²) in [4.78, 5) is 22.8. The predicted molar refractivity (Wildman–Crippen MR) is 72.0 cm³/mol. The van der Waals surface area contributed by atoms with Gasteiger partial charge in [0.1, 0.15) is 0 Å². The Morgan fingerprint density at radius 3 is 2.50 bits per heavy atom. The van der Waals surface area contributed by atoms with E-state index in [1.54, 1.807) is 24.3 Å². The molecule has 0 aliphatic rings. The fourth-order valence-electron chi connectivity index (χ4n) is 1.52. The van der Waals surface area contributed by atoms with Crippen LogP contribution in [0.5, 0.6) is 0 Å². The normalized spacial score (nSPS) is 9.83. The maximum atomic E-state index is 11.6. The third-order valence-electron chi connectivity index (χ3n) is 2.42. The number of hydrogen-bond donors (Lipinski definition) is 3. The first-order valence-electron chi connectivity index (χ1n) is 6.04. The van der Waals surface area contributed by atoms with Crippen molar-refractivity contribution in [1.82, 2.24) is 5.32 Å². The molecule has 2 amide bonds. The van der Waals surface area contributed by atoms with E-state index in [2.05, 4.69) is 10.6 Å². The molecule has 0 radical (unpaired) electrons. The molecule has 0 aliphatic carbocycles. The molecule has 0 fully saturated rings. The van der Waals surface area contributed by atoms with Gasteiger partial charge in [-0.25, -0.2) is 0 Å². The van der Waals surface area contributed by atoms with Gasteiger partial charge in [0.15, 0.2) is 0 Å². The highest BCUT2D eigenvalue weighted by Gasteiger charge is 2.06. The topological polar surface area (TPSA) is 84.2 Å². The molecule has 0 aliphatic heterocycles. The van der Waals surface area contributed by atoms with Crippen molar-refractivity contribution in [1.29, 1.82) is 0 Å². The van der Waals surface area contributed by atoms with E-state index in [4.69, 9.17) is 5.73 Å². The maximum absolute atomic E-state index is 11.6. The number of nitrogens with one attached hydrogen (secondary N) is 2. The Bertz CT molecular complexity index is 418. The van der Waals surface area contributed by atoms with Crippen molar-refractivity contribution in [2.24, 2.45) is 0 Å². The summed E-state index contributed by atoms with van der Waals surface area (Å²) in [6, 6.07) is 7.09. The summed E-state index contributed by atoms with van der Waals surface area (Å²) in [5.41, 5.74) is 6.85. The minimum Gasteiger partial charge on any atom is -0.397 e. The summed E-state index contributed by atoms with van der Waals surface area (Å²) in [5, 5.41) is 5.41. The zero-order valence-corrected chi connectivity index (χ0v) is 10.5. The van der Waals surface area contributed by atoms with E-state index in [0.717, 1.165) is 0 Å². The van der Waals surface area contributed by atoms with Crippen molar-refractivity contribution in [2.75, 3.05) is 17.6 Å². The van der Waals surface area contributed by atoms with E-state index < -0.39 is 0 Å². The molecule has 1 aromatic rings. The van der Waals surface area contributed by atoms with Crippen molar-refractivity contribution in [2.45, 2.75) is 26.2 Å². The number of hydrogen-bond acceptors (Lipinski definition) is 3. The minimum absolute atomic E-state index is 0.0236. The number of amides is 2. The highest BCUT2D eigenvalue weighted by atomic mass is 16.2. The van der Waals surface area contributed by atoms with Crippen LogP contribution in [0.2, 0.25) is 0 Å². The summed E-state index contributed by atoms with van der Waals surface area (Å²) < 4.78 is 0. The first kappa shape index (κ1) is 14.0. The Morgan fingerprint density at radius 2 is 1.83 bits per heavy atom. The van der Waals surface area contributed by atoms with Crippen molar-refractivity contribution < 1.29 is 9.59 Å². The standard InChI is InChI=1S/C13H19N3O2/c1-2-15-12(17)8-5-9-13(18)16-11-7-4-3-6-10(11)14/h3-4,6-7H,2,5,8-9,14H2,1H3,(H,15,17)(H,16,18). The molecule has 0 unspecified atom stereocenters. The van der Waals surface area contributed by atoms with Gasteiger partial charge in [0.05, 0.1) is 11.4 Å². The molecule has 0 atom stereocenters. The molecule has 0 saturated carbocycles. The molecule has 0 bridgehead atoms. The van der Waals surface area contributed by atoms with Crippen molar-refractivity contribution in [3.8, 4) is 0 Å². The summed E-state index contributed by atoms with van der Waals surface area (Å²) in [7, 11) is 0. The SMILES string of the molecule is CCNC(=O)CCCC(=O)Nc1ccccc1N. The van der Waals surface area contributed by atoms with Crippen LogP contribution in [-0.4, -0.2) is 18.4 Å². The Balaban J connectivity index is 2.30. The highest BCUT2D eigenvalue weighted by molar-refractivity contribution is 5.93. The third-order valence-corrected chi connectivity index (χ3v) is 2.42. The molecule has 18 heavy (non-hydrogen) atoms. The average molecular weight is 249 g/mol. The van der Waals surface area contributed by atoms with Gasteiger partial charge in [-0.15, -0.1) is 0 Å². The molecule has 0 spiro atoms. The van der Waals surface area contributed by atoms with Crippen molar-refractivity contribution >= 4 is 23.2 Å². The number of carbonyl (C=O) groups excluding carboxylic acids is 2. The minimum atomic E-state index is -0.128. The Morgan fingerprint density at radius 1 is 1.17 bits per heavy atom. The van der Waals surface area contributed by atoms with Crippen LogP contribution in [0.1, 0.15) is 26.2 Å². The van der Waals surface area contributed by atoms with Gasteiger partial charge < -0.3 is 16.4 Å². The molecule has 5 heteroatoms. The van der Waals surface area contributed by atoms with E-state index in [1.807, 2.05) is 6.92 Å². The van der Waals surface area contributed by atoms with E-state index in [9.17, 15) is 9.59 Å². The molecule has 1 rings (SSSR count). The number of rotatable bonds is 6. The molecule has 0 saturated heterocycles. The lowest BCUT2D eigenvalue weighted by Gasteiger charge is -2.07. The molecule has 4 N–H and O–H groups in total. The largest absolute Gasteiger partial charge is 0.397 e. The van der Waals surface area contributed by atoms with Gasteiger partial charge in [-0.3, -0.25) is 9.59 Å². The number of carbonyl (C=O) groups is 2. The van der Waals surface area contributed by atoms with Gasteiger partial charge in [0.25, 0.3) is 0 Å². The highest BCUT2D eigenvalue weighted by Crippen LogP contribution is 2.17. The smallest absolute Gasteiger partial charge is 0.224 e. The van der Waals surface area contributed by atoms with Crippen LogP contribution >= 0.6 is 0 Å². The fraction of sp³-hybridized carbons (Fsp3) is 0.385. The lowest BCUT2D eigenvalue weighted by Crippen LogP contribution is -2.22. The molecule has 98 valence electrons. The van der Waals surface area contributed by atoms with E-state index in [0.29, 0.717) is 37.2 Å². The quantitative estimate of drug-likeness (QED) is 0.668.